The lowest BCUT2D eigenvalue weighted by Gasteiger charge is -2.17. The van der Waals surface area contributed by atoms with Crippen LogP contribution in [0.2, 0.25) is 0 Å². The molecule has 0 saturated carbocycles. The van der Waals surface area contributed by atoms with Crippen LogP contribution >= 0.6 is 23.5 Å². The third-order valence-electron chi connectivity index (χ3n) is 3.74. The second-order valence-corrected chi connectivity index (χ2v) is 8.55. The number of rotatable bonds is 7. The van der Waals surface area contributed by atoms with Crippen LogP contribution in [0.1, 0.15) is 19.7 Å². The van der Waals surface area contributed by atoms with Crippen LogP contribution in [0.4, 0.5) is 10.5 Å². The van der Waals surface area contributed by atoms with E-state index in [1.807, 2.05) is 50.4 Å². The van der Waals surface area contributed by atoms with E-state index in [2.05, 4.69) is 10.1 Å². The molecule has 2 aromatic rings. The van der Waals surface area contributed by atoms with E-state index in [1.165, 1.54) is 21.3 Å². The summed E-state index contributed by atoms with van der Waals surface area (Å²) in [5.41, 5.74) is 0.782. The Hall–Kier alpha value is -2.00. The highest BCUT2D eigenvalue weighted by molar-refractivity contribution is 7.99. The Kier molecular flexibility index (Phi) is 6.71. The van der Waals surface area contributed by atoms with Crippen molar-refractivity contribution in [1.82, 2.24) is 19.7 Å². The summed E-state index contributed by atoms with van der Waals surface area (Å²) in [6.07, 6.45) is 2.74. The molecule has 0 atom stereocenters. The van der Waals surface area contributed by atoms with Crippen LogP contribution in [0.25, 0.3) is 0 Å². The quantitative estimate of drug-likeness (QED) is 0.409. The first-order valence-corrected chi connectivity index (χ1v) is 10.2. The van der Waals surface area contributed by atoms with Gasteiger partial charge in [0, 0.05) is 19.8 Å². The molecule has 1 heterocycles. The third kappa shape index (κ3) is 4.59. The fraction of sp³-hybridized carbons (Fsp3) is 0.412. The second kappa shape index (κ2) is 8.59. The SMILES string of the molecule is CSC(C)(C)c1nc(SCN(C=O)c2ccccc2)n(C(=O)N(C)C)n1. The van der Waals surface area contributed by atoms with Crippen molar-refractivity contribution < 1.29 is 9.59 Å². The molecule has 0 bridgehead atoms. The molecule has 0 aliphatic carbocycles. The fourth-order valence-corrected chi connectivity index (χ4v) is 3.09. The van der Waals surface area contributed by atoms with Gasteiger partial charge < -0.3 is 9.80 Å². The minimum Gasteiger partial charge on any atom is -0.329 e. The lowest BCUT2D eigenvalue weighted by atomic mass is 10.2. The van der Waals surface area contributed by atoms with E-state index < -0.39 is 0 Å². The molecule has 0 fully saturated rings. The largest absolute Gasteiger partial charge is 0.346 e. The monoisotopic (exact) mass is 393 g/mol. The van der Waals surface area contributed by atoms with Gasteiger partial charge in [0.2, 0.25) is 6.41 Å². The van der Waals surface area contributed by atoms with E-state index in [9.17, 15) is 9.59 Å². The van der Waals surface area contributed by atoms with Gasteiger partial charge in [0.05, 0.1) is 10.6 Å². The van der Waals surface area contributed by atoms with Crippen LogP contribution in [0.5, 0.6) is 0 Å². The number of thioether (sulfide) groups is 2. The smallest absolute Gasteiger partial charge is 0.329 e. The Morgan fingerprint density at radius 3 is 2.46 bits per heavy atom. The number of hydrogen-bond acceptors (Lipinski definition) is 6. The molecule has 140 valence electrons. The molecule has 0 radical (unpaired) electrons. The van der Waals surface area contributed by atoms with Gasteiger partial charge in [-0.1, -0.05) is 30.0 Å². The van der Waals surface area contributed by atoms with Gasteiger partial charge in [0.25, 0.3) is 0 Å². The van der Waals surface area contributed by atoms with Crippen LogP contribution in [-0.2, 0) is 9.54 Å². The molecule has 1 aromatic heterocycles. The van der Waals surface area contributed by atoms with Crippen LogP contribution in [0.15, 0.2) is 35.5 Å². The molecule has 0 N–H and O–H groups in total. The lowest BCUT2D eigenvalue weighted by Crippen LogP contribution is -2.29. The Bertz CT molecular complexity index is 762. The molecule has 0 saturated heterocycles. The molecular formula is C17H23N5O2S2. The maximum atomic E-state index is 12.5. The number of carbonyl (C=O) groups is 2. The summed E-state index contributed by atoms with van der Waals surface area (Å²) >= 11 is 2.90. The minimum atomic E-state index is -0.322. The molecule has 0 unspecified atom stereocenters. The number of nitrogens with zero attached hydrogens (tertiary/aromatic N) is 5. The zero-order valence-electron chi connectivity index (χ0n) is 15.5. The second-order valence-electron chi connectivity index (χ2n) is 6.21. The predicted octanol–water partition coefficient (Wildman–Crippen LogP) is 3.12. The van der Waals surface area contributed by atoms with Gasteiger partial charge in [-0.25, -0.2) is 9.78 Å². The van der Waals surface area contributed by atoms with Crippen molar-refractivity contribution in [3.8, 4) is 0 Å². The molecule has 26 heavy (non-hydrogen) atoms. The maximum absolute atomic E-state index is 12.5. The van der Waals surface area contributed by atoms with Crippen molar-refractivity contribution in [1.29, 1.82) is 0 Å². The van der Waals surface area contributed by atoms with E-state index in [0.29, 0.717) is 16.9 Å². The number of amides is 2. The van der Waals surface area contributed by atoms with E-state index in [-0.39, 0.29) is 10.8 Å². The van der Waals surface area contributed by atoms with Crippen LogP contribution < -0.4 is 4.90 Å². The number of para-hydroxylation sites is 1. The van der Waals surface area contributed by atoms with Gasteiger partial charge in [-0.05, 0) is 32.2 Å². The van der Waals surface area contributed by atoms with Crippen molar-refractivity contribution in [3.05, 3.63) is 36.2 Å². The van der Waals surface area contributed by atoms with Gasteiger partial charge >= 0.3 is 6.03 Å². The van der Waals surface area contributed by atoms with E-state index in [0.717, 1.165) is 12.1 Å². The van der Waals surface area contributed by atoms with Crippen molar-refractivity contribution >= 4 is 41.7 Å². The van der Waals surface area contributed by atoms with Crippen molar-refractivity contribution in [2.24, 2.45) is 0 Å². The molecule has 0 aliphatic heterocycles. The molecular weight excluding hydrogens is 370 g/mol. The molecule has 2 rings (SSSR count). The van der Waals surface area contributed by atoms with Crippen LogP contribution in [0, 0.1) is 0 Å². The fourth-order valence-electron chi connectivity index (χ4n) is 1.96. The third-order valence-corrected chi connectivity index (χ3v) is 5.87. The number of anilines is 1. The normalized spacial score (nSPS) is 11.3. The average Bonchev–Trinajstić information content (AvgIpc) is 3.07. The van der Waals surface area contributed by atoms with Crippen molar-refractivity contribution in [2.45, 2.75) is 23.8 Å². The lowest BCUT2D eigenvalue weighted by molar-refractivity contribution is -0.107. The summed E-state index contributed by atoms with van der Waals surface area (Å²) in [4.78, 5) is 31.5. The van der Waals surface area contributed by atoms with Crippen LogP contribution in [-0.4, -0.2) is 58.3 Å². The summed E-state index contributed by atoms with van der Waals surface area (Å²) < 4.78 is 0.975. The molecule has 7 nitrogen and oxygen atoms in total. The van der Waals surface area contributed by atoms with Gasteiger partial charge in [-0.15, -0.1) is 5.10 Å². The summed E-state index contributed by atoms with van der Waals surface area (Å²) in [7, 11) is 3.33. The molecule has 2 amide bonds. The number of aromatic nitrogens is 3. The van der Waals surface area contributed by atoms with Crippen molar-refractivity contribution in [3.63, 3.8) is 0 Å². The van der Waals surface area contributed by atoms with Gasteiger partial charge in [0.15, 0.2) is 11.0 Å². The highest BCUT2D eigenvalue weighted by Crippen LogP contribution is 2.33. The predicted molar refractivity (Wildman–Crippen MR) is 107 cm³/mol. The highest BCUT2D eigenvalue weighted by Gasteiger charge is 2.28. The summed E-state index contributed by atoms with van der Waals surface area (Å²) in [5.74, 6) is 0.909. The van der Waals surface area contributed by atoms with E-state index in [4.69, 9.17) is 0 Å². The van der Waals surface area contributed by atoms with Crippen LogP contribution in [0.3, 0.4) is 0 Å². The minimum absolute atomic E-state index is 0.277. The van der Waals surface area contributed by atoms with E-state index in [1.54, 1.807) is 30.8 Å². The zero-order valence-corrected chi connectivity index (χ0v) is 17.2. The highest BCUT2D eigenvalue weighted by atomic mass is 32.2. The number of hydrogen-bond donors (Lipinski definition) is 0. The first kappa shape index (κ1) is 20.3. The average molecular weight is 394 g/mol. The number of benzene rings is 1. The molecule has 0 spiro atoms. The van der Waals surface area contributed by atoms with E-state index >= 15 is 0 Å². The molecule has 0 aliphatic rings. The van der Waals surface area contributed by atoms with Gasteiger partial charge in [-0.2, -0.15) is 16.4 Å². The standard InChI is InChI=1S/C17H23N5O2S2/c1-17(2,25-5)14-18-15(22(19-14)16(24)20(3)4)26-12-21(11-23)13-9-7-6-8-10-13/h6-11H,12H2,1-5H3. The first-order valence-electron chi connectivity index (χ1n) is 7.94. The zero-order chi connectivity index (χ0) is 19.3. The van der Waals surface area contributed by atoms with Gasteiger partial charge in [0.1, 0.15) is 0 Å². The van der Waals surface area contributed by atoms with Gasteiger partial charge in [-0.3, -0.25) is 4.79 Å². The first-order chi connectivity index (χ1) is 12.3. The summed E-state index contributed by atoms with van der Waals surface area (Å²) in [5, 5.41) is 4.88. The topological polar surface area (TPSA) is 71.3 Å². The molecule has 9 heteroatoms. The Labute approximate surface area is 162 Å². The Morgan fingerprint density at radius 2 is 1.92 bits per heavy atom. The van der Waals surface area contributed by atoms with Crippen molar-refractivity contribution in [2.75, 3.05) is 31.1 Å². The Balaban J connectivity index is 2.29. The number of carbonyl (C=O) groups excluding carboxylic acids is 2. The maximum Gasteiger partial charge on any atom is 0.346 e. The summed E-state index contributed by atoms with van der Waals surface area (Å²) in [6.45, 7) is 4.02. The molecule has 1 aromatic carbocycles. The Morgan fingerprint density at radius 1 is 1.27 bits per heavy atom. The summed E-state index contributed by atoms with van der Waals surface area (Å²) in [6, 6.07) is 9.06.